The van der Waals surface area contributed by atoms with Gasteiger partial charge >= 0.3 is 5.97 Å². The number of carboxylic acid groups (broad SMARTS) is 1. The van der Waals surface area contributed by atoms with Crippen LogP contribution >= 0.6 is 0 Å². The van der Waals surface area contributed by atoms with E-state index in [1.807, 2.05) is 18.2 Å². The summed E-state index contributed by atoms with van der Waals surface area (Å²) in [5.74, 6) is -0.315. The summed E-state index contributed by atoms with van der Waals surface area (Å²) in [7, 11) is 0. The van der Waals surface area contributed by atoms with E-state index in [1.165, 1.54) is 18.1 Å². The second-order valence-electron chi connectivity index (χ2n) is 4.34. The zero-order valence-corrected chi connectivity index (χ0v) is 9.23. The van der Waals surface area contributed by atoms with E-state index in [0.717, 1.165) is 24.8 Å². The van der Waals surface area contributed by atoms with Crippen LogP contribution in [-0.2, 0) is 4.79 Å². The van der Waals surface area contributed by atoms with Crippen LogP contribution in [0.15, 0.2) is 42.0 Å². The van der Waals surface area contributed by atoms with Crippen LogP contribution in [0.2, 0.25) is 0 Å². The van der Waals surface area contributed by atoms with Gasteiger partial charge in [-0.05, 0) is 37.2 Å². The van der Waals surface area contributed by atoms with Crippen molar-refractivity contribution in [2.75, 3.05) is 0 Å². The van der Waals surface area contributed by atoms with E-state index in [-0.39, 0.29) is 0 Å². The summed E-state index contributed by atoms with van der Waals surface area (Å²) in [6, 6.07) is 10.4. The smallest absolute Gasteiger partial charge is 0.328 e. The number of aliphatic carboxylic acids is 1. The molecule has 0 aliphatic heterocycles. The van der Waals surface area contributed by atoms with Crippen molar-refractivity contribution < 1.29 is 9.90 Å². The molecule has 84 valence electrons. The Kier molecular flexibility index (Phi) is 3.40. The van der Waals surface area contributed by atoms with Crippen LogP contribution in [0, 0.1) is 0 Å². The Morgan fingerprint density at radius 3 is 2.75 bits per heavy atom. The largest absolute Gasteiger partial charge is 0.478 e. The highest BCUT2D eigenvalue weighted by atomic mass is 16.4. The Hall–Kier alpha value is -1.57. The molecule has 0 aromatic heterocycles. The second-order valence-corrected chi connectivity index (χ2v) is 4.34. The number of hydrogen-bond donors (Lipinski definition) is 1. The van der Waals surface area contributed by atoms with Crippen molar-refractivity contribution in [1.29, 1.82) is 0 Å². The van der Waals surface area contributed by atoms with Crippen molar-refractivity contribution in [1.82, 2.24) is 0 Å². The van der Waals surface area contributed by atoms with E-state index in [9.17, 15) is 4.79 Å². The highest BCUT2D eigenvalue weighted by Crippen LogP contribution is 2.35. The lowest BCUT2D eigenvalue weighted by molar-refractivity contribution is -0.131. The molecule has 2 heteroatoms. The summed E-state index contributed by atoms with van der Waals surface area (Å²) in [4.78, 5) is 10.6. The van der Waals surface area contributed by atoms with E-state index in [2.05, 4.69) is 12.1 Å². The van der Waals surface area contributed by atoms with Crippen molar-refractivity contribution in [3.63, 3.8) is 0 Å². The minimum atomic E-state index is -0.816. The Morgan fingerprint density at radius 1 is 1.31 bits per heavy atom. The first-order valence-electron chi connectivity index (χ1n) is 5.73. The predicted molar refractivity (Wildman–Crippen MR) is 63.4 cm³/mol. The van der Waals surface area contributed by atoms with Crippen LogP contribution in [-0.4, -0.2) is 11.1 Å². The highest BCUT2D eigenvalue weighted by molar-refractivity contribution is 5.80. The lowest BCUT2D eigenvalue weighted by Gasteiger charge is -2.24. The molecule has 0 saturated heterocycles. The quantitative estimate of drug-likeness (QED) is 0.770. The number of hydrogen-bond acceptors (Lipinski definition) is 1. The van der Waals surface area contributed by atoms with Gasteiger partial charge in [0.25, 0.3) is 0 Å². The molecule has 1 fully saturated rings. The summed E-state index contributed by atoms with van der Waals surface area (Å²) in [5.41, 5.74) is 2.41. The second kappa shape index (κ2) is 4.97. The molecule has 1 aromatic carbocycles. The van der Waals surface area contributed by atoms with E-state index in [4.69, 9.17) is 5.11 Å². The van der Waals surface area contributed by atoms with Gasteiger partial charge in [0.2, 0.25) is 0 Å². The molecule has 0 heterocycles. The molecule has 1 aromatic rings. The Balaban J connectivity index is 2.11. The molecule has 1 aliphatic rings. The van der Waals surface area contributed by atoms with Crippen LogP contribution in [0.1, 0.15) is 37.2 Å². The molecule has 0 amide bonds. The predicted octanol–water partition coefficient (Wildman–Crippen LogP) is 3.36. The van der Waals surface area contributed by atoms with Gasteiger partial charge in [-0.1, -0.05) is 35.9 Å². The number of allylic oxidation sites excluding steroid dienone is 1. The molecule has 1 unspecified atom stereocenters. The summed E-state index contributed by atoms with van der Waals surface area (Å²) in [6.45, 7) is 0. The minimum Gasteiger partial charge on any atom is -0.478 e. The summed E-state index contributed by atoms with van der Waals surface area (Å²) >= 11 is 0. The zero-order chi connectivity index (χ0) is 11.4. The molecule has 0 radical (unpaired) electrons. The number of carbonyl (C=O) groups is 1. The highest BCUT2D eigenvalue weighted by Gasteiger charge is 2.18. The van der Waals surface area contributed by atoms with Gasteiger partial charge in [0.1, 0.15) is 0 Å². The molecule has 16 heavy (non-hydrogen) atoms. The molecular weight excluding hydrogens is 200 g/mol. The number of benzene rings is 1. The molecule has 2 rings (SSSR count). The van der Waals surface area contributed by atoms with E-state index in [1.54, 1.807) is 0 Å². The van der Waals surface area contributed by atoms with Crippen LogP contribution in [0.25, 0.3) is 0 Å². The molecule has 0 spiro atoms. The van der Waals surface area contributed by atoms with Gasteiger partial charge in [-0.3, -0.25) is 0 Å². The first-order chi connectivity index (χ1) is 7.75. The molecule has 0 bridgehead atoms. The molecular formula is C14H16O2. The molecule has 1 saturated carbocycles. The van der Waals surface area contributed by atoms with Gasteiger partial charge in [0.15, 0.2) is 0 Å². The van der Waals surface area contributed by atoms with Crippen LogP contribution in [0.5, 0.6) is 0 Å². The van der Waals surface area contributed by atoms with Crippen LogP contribution < -0.4 is 0 Å². The summed E-state index contributed by atoms with van der Waals surface area (Å²) in [5, 5.41) is 8.75. The number of carboxylic acids is 1. The topological polar surface area (TPSA) is 37.3 Å². The summed E-state index contributed by atoms with van der Waals surface area (Å²) < 4.78 is 0. The van der Waals surface area contributed by atoms with Crippen molar-refractivity contribution in [2.45, 2.75) is 31.6 Å². The van der Waals surface area contributed by atoms with E-state index >= 15 is 0 Å². The van der Waals surface area contributed by atoms with Crippen molar-refractivity contribution in [3.8, 4) is 0 Å². The first kappa shape index (κ1) is 10.9. The third kappa shape index (κ3) is 2.72. The standard InChI is InChI=1S/C14H16O2/c15-14(16)10-11-5-4-8-13(9-11)12-6-2-1-3-7-12/h1-3,6-7,10,13H,4-5,8-9H2,(H,15,16). The van der Waals surface area contributed by atoms with Gasteiger partial charge in [-0.2, -0.15) is 0 Å². The fraction of sp³-hybridized carbons (Fsp3) is 0.357. The minimum absolute atomic E-state index is 0.501. The van der Waals surface area contributed by atoms with Gasteiger partial charge < -0.3 is 5.11 Å². The third-order valence-corrected chi connectivity index (χ3v) is 3.16. The molecule has 2 nitrogen and oxygen atoms in total. The zero-order valence-electron chi connectivity index (χ0n) is 9.23. The normalized spacial score (nSPS) is 23.2. The Labute approximate surface area is 95.6 Å². The molecule has 1 atom stereocenters. The molecule has 1 N–H and O–H groups in total. The van der Waals surface area contributed by atoms with Gasteiger partial charge in [-0.15, -0.1) is 0 Å². The SMILES string of the molecule is O=C(O)C=C1CCCC(c2ccccc2)C1. The maximum Gasteiger partial charge on any atom is 0.328 e. The summed E-state index contributed by atoms with van der Waals surface area (Å²) in [6.07, 6.45) is 5.49. The first-order valence-corrected chi connectivity index (χ1v) is 5.73. The maximum atomic E-state index is 10.6. The third-order valence-electron chi connectivity index (χ3n) is 3.16. The lowest BCUT2D eigenvalue weighted by Crippen LogP contribution is -2.08. The van der Waals surface area contributed by atoms with E-state index in [0.29, 0.717) is 5.92 Å². The fourth-order valence-corrected chi connectivity index (χ4v) is 2.41. The Bertz CT molecular complexity index is 392. The van der Waals surface area contributed by atoms with Crippen LogP contribution in [0.3, 0.4) is 0 Å². The van der Waals surface area contributed by atoms with Gasteiger partial charge in [-0.25, -0.2) is 4.79 Å². The average molecular weight is 216 g/mol. The average Bonchev–Trinajstić information content (AvgIpc) is 2.30. The fourth-order valence-electron chi connectivity index (χ4n) is 2.41. The maximum absolute atomic E-state index is 10.6. The monoisotopic (exact) mass is 216 g/mol. The molecule has 1 aliphatic carbocycles. The lowest BCUT2D eigenvalue weighted by atomic mass is 9.81. The van der Waals surface area contributed by atoms with Crippen molar-refractivity contribution in [2.24, 2.45) is 0 Å². The van der Waals surface area contributed by atoms with Crippen LogP contribution in [0.4, 0.5) is 0 Å². The van der Waals surface area contributed by atoms with Crippen molar-refractivity contribution in [3.05, 3.63) is 47.5 Å². The van der Waals surface area contributed by atoms with Crippen molar-refractivity contribution >= 4 is 5.97 Å². The van der Waals surface area contributed by atoms with Gasteiger partial charge in [0.05, 0.1) is 0 Å². The van der Waals surface area contributed by atoms with E-state index < -0.39 is 5.97 Å². The van der Waals surface area contributed by atoms with Gasteiger partial charge in [0, 0.05) is 6.08 Å². The number of rotatable bonds is 2. The Morgan fingerprint density at radius 2 is 2.06 bits per heavy atom.